The number of ether oxygens (including phenoxy) is 1. The predicted octanol–water partition coefficient (Wildman–Crippen LogP) is 2.06. The van der Waals surface area contributed by atoms with Gasteiger partial charge in [0, 0.05) is 18.4 Å². The van der Waals surface area contributed by atoms with E-state index in [1.165, 1.54) is 7.11 Å². The van der Waals surface area contributed by atoms with Gasteiger partial charge in [-0.2, -0.15) is 0 Å². The summed E-state index contributed by atoms with van der Waals surface area (Å²) in [6, 6.07) is 3.91. The van der Waals surface area contributed by atoms with E-state index >= 15 is 0 Å². The Hall–Kier alpha value is -2.37. The Bertz CT molecular complexity index is 691. The quantitative estimate of drug-likeness (QED) is 0.652. The molecule has 1 aromatic carbocycles. The molecule has 0 atom stereocenters. The summed E-state index contributed by atoms with van der Waals surface area (Å²) in [5, 5.41) is 7.61. The standard InChI is InChI=1S/C16H20N2O4/c1-10-7-12-13(18-22-14(12)8-11(10)2)9-15(19)17-6-4-5-16(20)21-3/h7-8H,4-6,9H2,1-3H3,(H,17,19). The van der Waals surface area contributed by atoms with E-state index in [0.29, 0.717) is 30.7 Å². The van der Waals surface area contributed by atoms with Gasteiger partial charge in [0.1, 0.15) is 5.69 Å². The molecule has 1 heterocycles. The Labute approximate surface area is 128 Å². The van der Waals surface area contributed by atoms with Gasteiger partial charge in [0.2, 0.25) is 5.91 Å². The third-order valence-corrected chi connectivity index (χ3v) is 3.60. The predicted molar refractivity (Wildman–Crippen MR) is 81.4 cm³/mol. The molecule has 0 saturated carbocycles. The highest BCUT2D eigenvalue weighted by atomic mass is 16.5. The van der Waals surface area contributed by atoms with E-state index in [0.717, 1.165) is 16.5 Å². The molecule has 0 aliphatic heterocycles. The van der Waals surface area contributed by atoms with Crippen LogP contribution in [0.5, 0.6) is 0 Å². The van der Waals surface area contributed by atoms with Crippen LogP contribution in [0.4, 0.5) is 0 Å². The number of methoxy groups -OCH3 is 1. The minimum Gasteiger partial charge on any atom is -0.469 e. The molecule has 0 fully saturated rings. The molecular weight excluding hydrogens is 284 g/mol. The van der Waals surface area contributed by atoms with Crippen molar-refractivity contribution in [1.82, 2.24) is 10.5 Å². The van der Waals surface area contributed by atoms with Crippen LogP contribution in [0.15, 0.2) is 16.7 Å². The Morgan fingerprint density at radius 3 is 2.73 bits per heavy atom. The number of fused-ring (bicyclic) bond motifs is 1. The van der Waals surface area contributed by atoms with Crippen LogP contribution in [-0.2, 0) is 20.7 Å². The third kappa shape index (κ3) is 3.84. The molecule has 6 heteroatoms. The van der Waals surface area contributed by atoms with Crippen molar-refractivity contribution in [1.29, 1.82) is 0 Å². The monoisotopic (exact) mass is 304 g/mol. The van der Waals surface area contributed by atoms with Crippen molar-refractivity contribution < 1.29 is 18.8 Å². The van der Waals surface area contributed by atoms with Crippen molar-refractivity contribution in [2.45, 2.75) is 33.1 Å². The molecule has 22 heavy (non-hydrogen) atoms. The van der Waals surface area contributed by atoms with Crippen molar-refractivity contribution in [3.63, 3.8) is 0 Å². The maximum absolute atomic E-state index is 11.9. The van der Waals surface area contributed by atoms with Gasteiger partial charge in [-0.1, -0.05) is 5.16 Å². The number of carbonyl (C=O) groups is 2. The van der Waals surface area contributed by atoms with Gasteiger partial charge >= 0.3 is 5.97 Å². The maximum atomic E-state index is 11.9. The second kappa shape index (κ2) is 7.06. The van der Waals surface area contributed by atoms with Gasteiger partial charge in [0.25, 0.3) is 0 Å². The van der Waals surface area contributed by atoms with Crippen LogP contribution in [-0.4, -0.2) is 30.7 Å². The van der Waals surface area contributed by atoms with Gasteiger partial charge in [0.15, 0.2) is 5.58 Å². The van der Waals surface area contributed by atoms with Crippen LogP contribution < -0.4 is 5.32 Å². The number of nitrogens with one attached hydrogen (secondary N) is 1. The van der Waals surface area contributed by atoms with Crippen LogP contribution in [0, 0.1) is 13.8 Å². The molecular formula is C16H20N2O4. The first-order valence-corrected chi connectivity index (χ1v) is 7.20. The molecule has 0 unspecified atom stereocenters. The first-order valence-electron chi connectivity index (χ1n) is 7.20. The van der Waals surface area contributed by atoms with Crippen molar-refractivity contribution in [2.75, 3.05) is 13.7 Å². The second-order valence-electron chi connectivity index (χ2n) is 5.27. The average Bonchev–Trinajstić information content (AvgIpc) is 2.86. The number of rotatable bonds is 6. The zero-order valence-corrected chi connectivity index (χ0v) is 13.1. The molecule has 1 aromatic heterocycles. The summed E-state index contributed by atoms with van der Waals surface area (Å²) >= 11 is 0. The number of benzene rings is 1. The van der Waals surface area contributed by atoms with Crippen molar-refractivity contribution in [2.24, 2.45) is 0 Å². The molecule has 0 bridgehead atoms. The lowest BCUT2D eigenvalue weighted by Gasteiger charge is -2.04. The fraction of sp³-hybridized carbons (Fsp3) is 0.438. The molecule has 2 rings (SSSR count). The third-order valence-electron chi connectivity index (χ3n) is 3.60. The molecule has 1 N–H and O–H groups in total. The fourth-order valence-electron chi connectivity index (χ4n) is 2.15. The smallest absolute Gasteiger partial charge is 0.305 e. The maximum Gasteiger partial charge on any atom is 0.305 e. The van der Waals surface area contributed by atoms with Crippen LogP contribution in [0.2, 0.25) is 0 Å². The number of hydrogen-bond donors (Lipinski definition) is 1. The normalized spacial score (nSPS) is 10.7. The minimum absolute atomic E-state index is 0.140. The van der Waals surface area contributed by atoms with Gasteiger partial charge < -0.3 is 14.6 Å². The van der Waals surface area contributed by atoms with E-state index in [2.05, 4.69) is 15.2 Å². The van der Waals surface area contributed by atoms with Crippen molar-refractivity contribution in [3.8, 4) is 0 Å². The van der Waals surface area contributed by atoms with E-state index in [1.54, 1.807) is 0 Å². The molecule has 118 valence electrons. The summed E-state index contributed by atoms with van der Waals surface area (Å²) in [5.41, 5.74) is 3.58. The van der Waals surface area contributed by atoms with Gasteiger partial charge in [-0.05, 0) is 43.5 Å². The molecule has 0 aliphatic rings. The molecule has 0 saturated heterocycles. The zero-order chi connectivity index (χ0) is 16.1. The number of nitrogens with zero attached hydrogens (tertiary/aromatic N) is 1. The lowest BCUT2D eigenvalue weighted by Crippen LogP contribution is -2.26. The number of esters is 1. The van der Waals surface area contributed by atoms with Crippen LogP contribution in [0.25, 0.3) is 11.0 Å². The van der Waals surface area contributed by atoms with Crippen molar-refractivity contribution >= 4 is 22.8 Å². The van der Waals surface area contributed by atoms with E-state index in [9.17, 15) is 9.59 Å². The lowest BCUT2D eigenvalue weighted by atomic mass is 10.1. The molecule has 0 aliphatic carbocycles. The number of carbonyl (C=O) groups excluding carboxylic acids is 2. The number of aryl methyl sites for hydroxylation is 2. The minimum atomic E-state index is -0.275. The SMILES string of the molecule is COC(=O)CCCNC(=O)Cc1noc2cc(C)c(C)cc12. The van der Waals surface area contributed by atoms with Crippen LogP contribution >= 0.6 is 0 Å². The zero-order valence-electron chi connectivity index (χ0n) is 13.1. The van der Waals surface area contributed by atoms with Crippen LogP contribution in [0.3, 0.4) is 0 Å². The van der Waals surface area contributed by atoms with E-state index in [1.807, 2.05) is 26.0 Å². The fourth-order valence-corrected chi connectivity index (χ4v) is 2.15. The largest absolute Gasteiger partial charge is 0.469 e. The summed E-state index contributed by atoms with van der Waals surface area (Å²) in [5.74, 6) is -0.416. The lowest BCUT2D eigenvalue weighted by molar-refractivity contribution is -0.140. The summed E-state index contributed by atoms with van der Waals surface area (Å²) < 4.78 is 9.80. The van der Waals surface area contributed by atoms with E-state index in [4.69, 9.17) is 4.52 Å². The Kier molecular flexibility index (Phi) is 5.14. The Morgan fingerprint density at radius 2 is 2.00 bits per heavy atom. The van der Waals surface area contributed by atoms with Crippen LogP contribution in [0.1, 0.15) is 29.7 Å². The molecule has 6 nitrogen and oxygen atoms in total. The van der Waals surface area contributed by atoms with E-state index < -0.39 is 0 Å². The number of aromatic nitrogens is 1. The molecule has 0 radical (unpaired) electrons. The van der Waals surface area contributed by atoms with Gasteiger partial charge in [-0.3, -0.25) is 9.59 Å². The highest BCUT2D eigenvalue weighted by Crippen LogP contribution is 2.22. The summed E-state index contributed by atoms with van der Waals surface area (Å²) in [7, 11) is 1.35. The summed E-state index contributed by atoms with van der Waals surface area (Å²) in [6.07, 6.45) is 1.01. The summed E-state index contributed by atoms with van der Waals surface area (Å²) in [6.45, 7) is 4.45. The molecule has 1 amide bonds. The molecule has 0 spiro atoms. The summed E-state index contributed by atoms with van der Waals surface area (Å²) in [4.78, 5) is 22.9. The van der Waals surface area contributed by atoms with Crippen molar-refractivity contribution in [3.05, 3.63) is 29.0 Å². The molecule has 2 aromatic rings. The Morgan fingerprint density at radius 1 is 1.27 bits per heavy atom. The van der Waals surface area contributed by atoms with Gasteiger partial charge in [0.05, 0.1) is 13.5 Å². The van der Waals surface area contributed by atoms with Gasteiger partial charge in [-0.25, -0.2) is 0 Å². The number of hydrogen-bond acceptors (Lipinski definition) is 5. The topological polar surface area (TPSA) is 81.4 Å². The van der Waals surface area contributed by atoms with E-state index in [-0.39, 0.29) is 18.3 Å². The first kappa shape index (κ1) is 16.0. The Balaban J connectivity index is 1.92. The average molecular weight is 304 g/mol. The first-order chi connectivity index (χ1) is 10.5. The highest BCUT2D eigenvalue weighted by molar-refractivity contribution is 5.87. The highest BCUT2D eigenvalue weighted by Gasteiger charge is 2.13. The number of amides is 1. The second-order valence-corrected chi connectivity index (χ2v) is 5.27. The van der Waals surface area contributed by atoms with Gasteiger partial charge in [-0.15, -0.1) is 0 Å².